The molecule has 3 aliphatic rings. The fourth-order valence-corrected chi connectivity index (χ4v) is 6.72. The zero-order valence-corrected chi connectivity index (χ0v) is 21.9. The maximum Gasteiger partial charge on any atom is 0.226 e. The van der Waals surface area contributed by atoms with E-state index >= 15 is 0 Å². The van der Waals surface area contributed by atoms with Crippen molar-refractivity contribution in [1.29, 1.82) is 0 Å². The smallest absolute Gasteiger partial charge is 0.226 e. The van der Waals surface area contributed by atoms with Crippen LogP contribution in [0, 0.1) is 11.8 Å². The average molecular weight is 491 g/mol. The Kier molecular flexibility index (Phi) is 6.65. The molecule has 35 heavy (non-hydrogen) atoms. The molecule has 1 saturated carbocycles. The molecule has 2 aliphatic heterocycles. The molecule has 7 heteroatoms. The molecule has 0 amide bonds. The molecule has 1 atom stereocenters. The SMILES string of the molecule is CN1CCC(N(C)CC2CCN(c3nc(NCC4CC4)nc4scc(-c5ccccc5)c34)CC2)C1. The highest BCUT2D eigenvalue weighted by molar-refractivity contribution is 7.17. The summed E-state index contributed by atoms with van der Waals surface area (Å²) in [7, 11) is 4.58. The third-order valence-electron chi connectivity index (χ3n) is 8.20. The highest BCUT2D eigenvalue weighted by Crippen LogP contribution is 2.40. The number of hydrogen-bond acceptors (Lipinski definition) is 7. The summed E-state index contributed by atoms with van der Waals surface area (Å²) in [6.07, 6.45) is 6.43. The molecule has 0 radical (unpaired) electrons. The number of likely N-dealkylation sites (tertiary alicyclic amines) is 1. The van der Waals surface area contributed by atoms with E-state index < -0.39 is 0 Å². The van der Waals surface area contributed by atoms with Gasteiger partial charge >= 0.3 is 0 Å². The standard InChI is InChI=1S/C28H38N6S/c1-32-13-12-23(18-32)33(2)17-21-10-14-34(15-11-21)26-25-24(22-6-4-3-5-7-22)19-35-27(25)31-28(30-26)29-16-20-8-9-20/h3-7,19-21,23H,8-18H2,1-2H3,(H,29,30,31). The van der Waals surface area contributed by atoms with Gasteiger partial charge in [0.1, 0.15) is 10.6 Å². The summed E-state index contributed by atoms with van der Waals surface area (Å²) in [5.41, 5.74) is 2.52. The van der Waals surface area contributed by atoms with Gasteiger partial charge in [-0.05, 0) is 70.1 Å². The molecule has 0 bridgehead atoms. The fraction of sp³-hybridized carbons (Fsp3) is 0.571. The summed E-state index contributed by atoms with van der Waals surface area (Å²) in [6, 6.07) is 11.4. The van der Waals surface area contributed by atoms with Crippen molar-refractivity contribution < 1.29 is 0 Å². The Balaban J connectivity index is 1.22. The van der Waals surface area contributed by atoms with E-state index in [4.69, 9.17) is 9.97 Å². The Labute approximate surface area is 213 Å². The van der Waals surface area contributed by atoms with E-state index in [2.05, 4.69) is 69.8 Å². The quantitative estimate of drug-likeness (QED) is 0.478. The van der Waals surface area contributed by atoms with E-state index in [-0.39, 0.29) is 0 Å². The van der Waals surface area contributed by atoms with Crippen LogP contribution in [0.25, 0.3) is 21.3 Å². The van der Waals surface area contributed by atoms with Crippen LogP contribution in [-0.2, 0) is 0 Å². The van der Waals surface area contributed by atoms with Crippen molar-refractivity contribution >= 4 is 33.3 Å². The van der Waals surface area contributed by atoms with Crippen LogP contribution in [0.4, 0.5) is 11.8 Å². The first-order valence-corrected chi connectivity index (χ1v) is 14.2. The highest BCUT2D eigenvalue weighted by atomic mass is 32.1. The summed E-state index contributed by atoms with van der Waals surface area (Å²) in [6.45, 7) is 6.80. The lowest BCUT2D eigenvalue weighted by molar-refractivity contribution is 0.192. The predicted molar refractivity (Wildman–Crippen MR) is 148 cm³/mol. The molecule has 6 nitrogen and oxygen atoms in total. The van der Waals surface area contributed by atoms with Crippen molar-refractivity contribution in [3.8, 4) is 11.1 Å². The maximum atomic E-state index is 5.13. The van der Waals surface area contributed by atoms with Gasteiger partial charge in [-0.3, -0.25) is 0 Å². The van der Waals surface area contributed by atoms with Gasteiger partial charge in [0.25, 0.3) is 0 Å². The molecule has 1 aromatic carbocycles. The second-order valence-electron chi connectivity index (χ2n) is 11.0. The van der Waals surface area contributed by atoms with E-state index in [1.165, 1.54) is 68.3 Å². The molecule has 2 saturated heterocycles. The van der Waals surface area contributed by atoms with E-state index in [1.54, 1.807) is 11.3 Å². The van der Waals surface area contributed by atoms with Gasteiger partial charge in [0.05, 0.1) is 5.39 Å². The Bertz CT molecular complexity index is 1140. The largest absolute Gasteiger partial charge is 0.356 e. The van der Waals surface area contributed by atoms with Gasteiger partial charge in [-0.15, -0.1) is 11.3 Å². The lowest BCUT2D eigenvalue weighted by atomic mass is 9.95. The van der Waals surface area contributed by atoms with Crippen LogP contribution < -0.4 is 10.2 Å². The maximum absolute atomic E-state index is 5.13. The molecule has 4 heterocycles. The minimum atomic E-state index is 0.721. The number of anilines is 2. The van der Waals surface area contributed by atoms with Gasteiger partial charge < -0.3 is 20.0 Å². The van der Waals surface area contributed by atoms with Crippen LogP contribution in [0.5, 0.6) is 0 Å². The number of benzene rings is 1. The second kappa shape index (κ2) is 10.0. The van der Waals surface area contributed by atoms with Gasteiger partial charge in [0.2, 0.25) is 5.95 Å². The first-order valence-electron chi connectivity index (χ1n) is 13.4. The molecular formula is C28H38N6S. The molecule has 3 aromatic rings. The third-order valence-corrected chi connectivity index (χ3v) is 9.07. The Morgan fingerprint density at radius 2 is 1.80 bits per heavy atom. The van der Waals surface area contributed by atoms with E-state index in [0.29, 0.717) is 0 Å². The predicted octanol–water partition coefficient (Wildman–Crippen LogP) is 5.03. The number of rotatable bonds is 8. The van der Waals surface area contributed by atoms with E-state index in [0.717, 1.165) is 54.1 Å². The van der Waals surface area contributed by atoms with Crippen LogP contribution in [0.3, 0.4) is 0 Å². The normalized spacial score (nSPS) is 21.9. The molecule has 3 fully saturated rings. The number of aromatic nitrogens is 2. The van der Waals surface area contributed by atoms with Gasteiger partial charge in [-0.2, -0.15) is 4.98 Å². The fourth-order valence-electron chi connectivity index (χ4n) is 5.77. The van der Waals surface area contributed by atoms with Crippen LogP contribution >= 0.6 is 11.3 Å². The minimum Gasteiger partial charge on any atom is -0.356 e. The molecule has 186 valence electrons. The van der Waals surface area contributed by atoms with Crippen LogP contribution in [0.2, 0.25) is 0 Å². The van der Waals surface area contributed by atoms with E-state index in [1.807, 2.05) is 0 Å². The minimum absolute atomic E-state index is 0.721. The topological polar surface area (TPSA) is 47.5 Å². The lowest BCUT2D eigenvalue weighted by Gasteiger charge is -2.36. The Hall–Kier alpha value is -2.22. The molecular weight excluding hydrogens is 452 g/mol. The lowest BCUT2D eigenvalue weighted by Crippen LogP contribution is -2.42. The highest BCUT2D eigenvalue weighted by Gasteiger charge is 2.29. The zero-order chi connectivity index (χ0) is 23.8. The number of likely N-dealkylation sites (N-methyl/N-ethyl adjacent to an activating group) is 2. The van der Waals surface area contributed by atoms with Gasteiger partial charge in [0.15, 0.2) is 0 Å². The summed E-state index contributed by atoms with van der Waals surface area (Å²) in [5, 5.41) is 7.04. The number of nitrogens with one attached hydrogen (secondary N) is 1. The summed E-state index contributed by atoms with van der Waals surface area (Å²) in [4.78, 5) is 18.8. The van der Waals surface area contributed by atoms with Crippen LogP contribution in [0.1, 0.15) is 32.1 Å². The van der Waals surface area contributed by atoms with Crippen molar-refractivity contribution in [3.05, 3.63) is 35.7 Å². The molecule has 1 unspecified atom stereocenters. The second-order valence-corrected chi connectivity index (χ2v) is 11.8. The Morgan fingerprint density at radius 3 is 2.51 bits per heavy atom. The Morgan fingerprint density at radius 1 is 1.00 bits per heavy atom. The number of thiophene rings is 1. The number of nitrogens with zero attached hydrogens (tertiary/aromatic N) is 5. The van der Waals surface area contributed by atoms with Crippen molar-refractivity contribution in [2.75, 3.05) is 63.6 Å². The van der Waals surface area contributed by atoms with Crippen LogP contribution in [-0.4, -0.2) is 79.2 Å². The molecule has 0 spiro atoms. The molecule has 2 aromatic heterocycles. The van der Waals surface area contributed by atoms with E-state index in [9.17, 15) is 0 Å². The third kappa shape index (κ3) is 5.18. The summed E-state index contributed by atoms with van der Waals surface area (Å²) >= 11 is 1.75. The number of piperidine rings is 1. The molecule has 6 rings (SSSR count). The van der Waals surface area contributed by atoms with Crippen molar-refractivity contribution in [2.45, 2.75) is 38.1 Å². The van der Waals surface area contributed by atoms with Crippen molar-refractivity contribution in [1.82, 2.24) is 19.8 Å². The average Bonchev–Trinajstić information content (AvgIpc) is 3.45. The van der Waals surface area contributed by atoms with Crippen LogP contribution in [0.15, 0.2) is 35.7 Å². The first-order chi connectivity index (χ1) is 17.1. The zero-order valence-electron chi connectivity index (χ0n) is 21.1. The molecule has 1 aliphatic carbocycles. The van der Waals surface area contributed by atoms with Crippen molar-refractivity contribution in [2.24, 2.45) is 11.8 Å². The summed E-state index contributed by atoms with van der Waals surface area (Å²) < 4.78 is 0. The van der Waals surface area contributed by atoms with Crippen molar-refractivity contribution in [3.63, 3.8) is 0 Å². The molecule has 1 N–H and O–H groups in total. The number of fused-ring (bicyclic) bond motifs is 1. The number of hydrogen-bond donors (Lipinski definition) is 1. The van der Waals surface area contributed by atoms with Gasteiger partial charge in [0, 0.05) is 49.7 Å². The monoisotopic (exact) mass is 490 g/mol. The first kappa shape index (κ1) is 23.2. The summed E-state index contributed by atoms with van der Waals surface area (Å²) in [5.74, 6) is 3.49. The van der Waals surface area contributed by atoms with Gasteiger partial charge in [-0.25, -0.2) is 4.98 Å². The van der Waals surface area contributed by atoms with Gasteiger partial charge in [-0.1, -0.05) is 30.3 Å².